The minimum absolute atomic E-state index is 0.0821. The van der Waals surface area contributed by atoms with Crippen LogP contribution in [0.2, 0.25) is 0 Å². The lowest BCUT2D eigenvalue weighted by atomic mass is 10.1. The normalized spacial score (nSPS) is 10.8. The van der Waals surface area contributed by atoms with Gasteiger partial charge in [-0.3, -0.25) is 4.79 Å². The van der Waals surface area contributed by atoms with Gasteiger partial charge in [-0.2, -0.15) is 0 Å². The lowest BCUT2D eigenvalue weighted by molar-refractivity contribution is -0.255. The highest BCUT2D eigenvalue weighted by atomic mass is 16.4. The van der Waals surface area contributed by atoms with E-state index in [1.54, 1.807) is 18.2 Å². The van der Waals surface area contributed by atoms with Gasteiger partial charge in [-0.25, -0.2) is 0 Å². The third-order valence-electron chi connectivity index (χ3n) is 3.56. The van der Waals surface area contributed by atoms with Crippen LogP contribution in [0.4, 0.5) is 0 Å². The Morgan fingerprint density at radius 1 is 1.05 bits per heavy atom. The van der Waals surface area contributed by atoms with Crippen LogP contribution in [0, 0.1) is 13.8 Å². The Kier molecular flexibility index (Phi) is 3.29. The molecule has 3 aromatic rings. The first-order valence-electron chi connectivity index (χ1n) is 6.82. The van der Waals surface area contributed by atoms with Crippen LogP contribution in [0.1, 0.15) is 21.5 Å². The van der Waals surface area contributed by atoms with Crippen LogP contribution in [0.25, 0.3) is 22.3 Å². The summed E-state index contributed by atoms with van der Waals surface area (Å²) in [6.07, 6.45) is 0. The number of hydrogen-bond donors (Lipinski definition) is 0. The summed E-state index contributed by atoms with van der Waals surface area (Å²) in [5.41, 5.74) is 3.05. The summed E-state index contributed by atoms with van der Waals surface area (Å²) in [6.45, 7) is 3.82. The number of carbonyl (C=O) groups excluding carboxylic acids is 1. The molecule has 0 amide bonds. The first-order chi connectivity index (χ1) is 10.5. The summed E-state index contributed by atoms with van der Waals surface area (Å²) in [5, 5.41) is 11.3. The van der Waals surface area contributed by atoms with E-state index in [0.717, 1.165) is 11.1 Å². The van der Waals surface area contributed by atoms with Gasteiger partial charge in [-0.15, -0.1) is 0 Å². The maximum Gasteiger partial charge on any atom is 0.193 e. The molecule has 0 spiro atoms. The van der Waals surface area contributed by atoms with Gasteiger partial charge >= 0.3 is 0 Å². The Morgan fingerprint density at radius 2 is 1.73 bits per heavy atom. The van der Waals surface area contributed by atoms with Crippen molar-refractivity contribution in [3.63, 3.8) is 0 Å². The molecule has 0 saturated heterocycles. The van der Waals surface area contributed by atoms with E-state index in [1.165, 1.54) is 18.2 Å². The zero-order valence-electron chi connectivity index (χ0n) is 12.2. The van der Waals surface area contributed by atoms with Crippen molar-refractivity contribution in [3.8, 4) is 11.3 Å². The summed E-state index contributed by atoms with van der Waals surface area (Å²) in [5.74, 6) is -0.827. The molecule has 1 heterocycles. The van der Waals surface area contributed by atoms with Crippen molar-refractivity contribution in [2.75, 3.05) is 0 Å². The molecule has 0 aliphatic carbocycles. The molecule has 0 N–H and O–H groups in total. The second kappa shape index (κ2) is 5.15. The molecule has 4 nitrogen and oxygen atoms in total. The standard InChI is InChI=1S/C18H14O4/c1-10-7-11(2)17-14(8-10)15(19)9-16(22-17)12-3-5-13(6-4-12)18(20)21/h3-9H,1-2H3,(H,20,21)/p-1. The van der Waals surface area contributed by atoms with E-state index >= 15 is 0 Å². The van der Waals surface area contributed by atoms with Gasteiger partial charge in [0.15, 0.2) is 5.43 Å². The van der Waals surface area contributed by atoms with Gasteiger partial charge in [0.1, 0.15) is 11.3 Å². The Bertz CT molecular complexity index is 934. The van der Waals surface area contributed by atoms with E-state index in [1.807, 2.05) is 19.9 Å². The summed E-state index contributed by atoms with van der Waals surface area (Å²) in [4.78, 5) is 23.1. The van der Waals surface area contributed by atoms with Gasteiger partial charge in [0.05, 0.1) is 11.4 Å². The zero-order valence-corrected chi connectivity index (χ0v) is 12.2. The van der Waals surface area contributed by atoms with Crippen LogP contribution in [0.5, 0.6) is 0 Å². The van der Waals surface area contributed by atoms with Crippen LogP contribution < -0.4 is 10.5 Å². The maximum absolute atomic E-state index is 12.3. The first kappa shape index (κ1) is 14.1. The number of carboxylic acids is 1. The number of aryl methyl sites for hydroxylation is 2. The molecule has 1 aromatic heterocycles. The molecule has 0 aliphatic rings. The quantitative estimate of drug-likeness (QED) is 0.727. The zero-order chi connectivity index (χ0) is 15.9. The van der Waals surface area contributed by atoms with Crippen LogP contribution in [-0.4, -0.2) is 5.97 Å². The number of carbonyl (C=O) groups is 1. The van der Waals surface area contributed by atoms with Gasteiger partial charge in [0.25, 0.3) is 0 Å². The molecule has 0 atom stereocenters. The van der Waals surface area contributed by atoms with E-state index in [-0.39, 0.29) is 11.0 Å². The smallest absolute Gasteiger partial charge is 0.193 e. The summed E-state index contributed by atoms with van der Waals surface area (Å²) >= 11 is 0. The lowest BCUT2D eigenvalue weighted by Crippen LogP contribution is -2.21. The number of benzene rings is 2. The Balaban J connectivity index is 2.20. The SMILES string of the molecule is Cc1cc(C)c2oc(-c3ccc(C(=O)[O-])cc3)cc(=O)c2c1. The molecule has 0 bridgehead atoms. The topological polar surface area (TPSA) is 70.3 Å². The Morgan fingerprint density at radius 3 is 2.36 bits per heavy atom. The fourth-order valence-electron chi connectivity index (χ4n) is 2.52. The Hall–Kier alpha value is -2.88. The predicted octanol–water partition coefficient (Wildman–Crippen LogP) is 2.44. The molecule has 0 saturated carbocycles. The summed E-state index contributed by atoms with van der Waals surface area (Å²) in [7, 11) is 0. The second-order valence-electron chi connectivity index (χ2n) is 5.30. The average molecular weight is 293 g/mol. The molecule has 2 aromatic carbocycles. The van der Waals surface area contributed by atoms with Crippen LogP contribution in [0.15, 0.2) is 51.7 Å². The van der Waals surface area contributed by atoms with E-state index in [0.29, 0.717) is 22.3 Å². The highest BCUT2D eigenvalue weighted by Gasteiger charge is 2.09. The molecule has 3 rings (SSSR count). The lowest BCUT2D eigenvalue weighted by Gasteiger charge is -2.07. The number of fused-ring (bicyclic) bond motifs is 1. The van der Waals surface area contributed by atoms with Crippen LogP contribution in [-0.2, 0) is 0 Å². The van der Waals surface area contributed by atoms with E-state index in [4.69, 9.17) is 4.42 Å². The fourth-order valence-corrected chi connectivity index (χ4v) is 2.52. The summed E-state index contributed by atoms with van der Waals surface area (Å²) in [6, 6.07) is 11.2. The number of carboxylic acid groups (broad SMARTS) is 1. The van der Waals surface area contributed by atoms with Gasteiger partial charge in [-0.05, 0) is 36.6 Å². The van der Waals surface area contributed by atoms with Crippen molar-refractivity contribution in [1.29, 1.82) is 0 Å². The summed E-state index contributed by atoms with van der Waals surface area (Å²) < 4.78 is 5.85. The van der Waals surface area contributed by atoms with E-state index in [2.05, 4.69) is 0 Å². The number of hydrogen-bond acceptors (Lipinski definition) is 4. The van der Waals surface area contributed by atoms with Gasteiger partial charge in [-0.1, -0.05) is 30.3 Å². The highest BCUT2D eigenvalue weighted by Crippen LogP contribution is 2.25. The van der Waals surface area contributed by atoms with Crippen molar-refractivity contribution in [2.24, 2.45) is 0 Å². The van der Waals surface area contributed by atoms with Crippen molar-refractivity contribution < 1.29 is 14.3 Å². The highest BCUT2D eigenvalue weighted by molar-refractivity contribution is 5.87. The molecule has 110 valence electrons. The molecule has 0 fully saturated rings. The molecular formula is C18H13O4-. The van der Waals surface area contributed by atoms with E-state index in [9.17, 15) is 14.7 Å². The van der Waals surface area contributed by atoms with Gasteiger partial charge in [0.2, 0.25) is 0 Å². The minimum atomic E-state index is -1.24. The monoisotopic (exact) mass is 293 g/mol. The molecule has 0 radical (unpaired) electrons. The van der Waals surface area contributed by atoms with Crippen molar-refractivity contribution in [2.45, 2.75) is 13.8 Å². The maximum atomic E-state index is 12.3. The molecule has 4 heteroatoms. The minimum Gasteiger partial charge on any atom is -0.545 e. The second-order valence-corrected chi connectivity index (χ2v) is 5.30. The van der Waals surface area contributed by atoms with Crippen molar-refractivity contribution >= 4 is 16.9 Å². The Labute approximate surface area is 126 Å². The first-order valence-corrected chi connectivity index (χ1v) is 6.82. The largest absolute Gasteiger partial charge is 0.545 e. The van der Waals surface area contributed by atoms with Crippen molar-refractivity contribution in [3.05, 3.63) is 69.4 Å². The number of rotatable bonds is 2. The molecule has 0 aliphatic heterocycles. The van der Waals surface area contributed by atoms with E-state index < -0.39 is 5.97 Å². The molecule has 0 unspecified atom stereocenters. The fraction of sp³-hybridized carbons (Fsp3) is 0.111. The third kappa shape index (κ3) is 2.39. The average Bonchev–Trinajstić information content (AvgIpc) is 2.48. The third-order valence-corrected chi connectivity index (χ3v) is 3.56. The molecule has 22 heavy (non-hydrogen) atoms. The van der Waals surface area contributed by atoms with Gasteiger partial charge in [0, 0.05) is 11.6 Å². The van der Waals surface area contributed by atoms with Crippen LogP contribution in [0.3, 0.4) is 0 Å². The van der Waals surface area contributed by atoms with Gasteiger partial charge < -0.3 is 14.3 Å². The van der Waals surface area contributed by atoms with Crippen molar-refractivity contribution in [1.82, 2.24) is 0 Å². The molecular weight excluding hydrogens is 280 g/mol. The number of aromatic carboxylic acids is 1. The predicted molar refractivity (Wildman–Crippen MR) is 81.7 cm³/mol. The van der Waals surface area contributed by atoms with Crippen LogP contribution >= 0.6 is 0 Å².